The van der Waals surface area contributed by atoms with Gasteiger partial charge in [-0.05, 0) is 50.3 Å². The zero-order valence-electron chi connectivity index (χ0n) is 14.0. The van der Waals surface area contributed by atoms with Crippen LogP contribution in [0.25, 0.3) is 0 Å². The molecule has 1 aliphatic heterocycles. The highest BCUT2D eigenvalue weighted by Crippen LogP contribution is 2.35. The second-order valence-corrected chi connectivity index (χ2v) is 7.68. The van der Waals surface area contributed by atoms with Gasteiger partial charge in [0.25, 0.3) is 0 Å². The molecule has 0 bridgehead atoms. The Bertz CT molecular complexity index is 492. The average molecular weight is 291 g/mol. The Morgan fingerprint density at radius 2 is 2.10 bits per heavy atom. The largest absolute Gasteiger partial charge is 0.487 e. The lowest BCUT2D eigenvalue weighted by Gasteiger charge is -2.25. The SMILES string of the molecule is CC(C)CC(C)(O)CNCc1ccc2c(c1)CC(C)(C)O2. The van der Waals surface area contributed by atoms with Crippen LogP contribution in [0.3, 0.4) is 0 Å². The lowest BCUT2D eigenvalue weighted by Crippen LogP contribution is -2.38. The first-order valence-electron chi connectivity index (χ1n) is 7.91. The summed E-state index contributed by atoms with van der Waals surface area (Å²) in [6, 6.07) is 6.38. The number of ether oxygens (including phenoxy) is 1. The number of hydrogen-bond acceptors (Lipinski definition) is 3. The number of rotatable bonds is 6. The first-order valence-corrected chi connectivity index (χ1v) is 7.91. The number of nitrogens with one attached hydrogen (secondary N) is 1. The summed E-state index contributed by atoms with van der Waals surface area (Å²) in [6.45, 7) is 11.8. The van der Waals surface area contributed by atoms with E-state index in [0.717, 1.165) is 25.1 Å². The van der Waals surface area contributed by atoms with Crippen LogP contribution in [0.15, 0.2) is 18.2 Å². The van der Waals surface area contributed by atoms with Crippen LogP contribution < -0.4 is 10.1 Å². The fourth-order valence-electron chi connectivity index (χ4n) is 3.20. The molecule has 118 valence electrons. The minimum absolute atomic E-state index is 0.0880. The zero-order valence-corrected chi connectivity index (χ0v) is 14.0. The smallest absolute Gasteiger partial charge is 0.123 e. The summed E-state index contributed by atoms with van der Waals surface area (Å²) in [5.74, 6) is 1.51. The maximum atomic E-state index is 10.3. The van der Waals surface area contributed by atoms with Crippen molar-refractivity contribution in [1.82, 2.24) is 5.32 Å². The molecular formula is C18H29NO2. The lowest BCUT2D eigenvalue weighted by atomic mass is 9.94. The van der Waals surface area contributed by atoms with Gasteiger partial charge < -0.3 is 15.2 Å². The highest BCUT2D eigenvalue weighted by Gasteiger charge is 2.29. The minimum Gasteiger partial charge on any atom is -0.487 e. The second kappa shape index (κ2) is 5.98. The Labute approximate surface area is 128 Å². The van der Waals surface area contributed by atoms with Gasteiger partial charge in [0.1, 0.15) is 11.4 Å². The Balaban J connectivity index is 1.88. The normalized spacial score (nSPS) is 19.2. The van der Waals surface area contributed by atoms with E-state index < -0.39 is 5.60 Å². The monoisotopic (exact) mass is 291 g/mol. The quantitative estimate of drug-likeness (QED) is 0.845. The van der Waals surface area contributed by atoms with E-state index in [9.17, 15) is 5.11 Å². The van der Waals surface area contributed by atoms with Crippen LogP contribution in [0, 0.1) is 5.92 Å². The van der Waals surface area contributed by atoms with Gasteiger partial charge in [0.05, 0.1) is 5.60 Å². The van der Waals surface area contributed by atoms with Gasteiger partial charge in [0, 0.05) is 19.5 Å². The van der Waals surface area contributed by atoms with Gasteiger partial charge in [-0.1, -0.05) is 26.0 Å². The van der Waals surface area contributed by atoms with Gasteiger partial charge in [0.2, 0.25) is 0 Å². The van der Waals surface area contributed by atoms with E-state index in [4.69, 9.17) is 4.74 Å². The van der Waals surface area contributed by atoms with Gasteiger partial charge in [-0.3, -0.25) is 0 Å². The van der Waals surface area contributed by atoms with Crippen molar-refractivity contribution in [2.24, 2.45) is 5.92 Å². The van der Waals surface area contributed by atoms with Gasteiger partial charge >= 0.3 is 0 Å². The van der Waals surface area contributed by atoms with E-state index in [1.807, 2.05) is 6.92 Å². The summed E-state index contributed by atoms with van der Waals surface area (Å²) >= 11 is 0. The maximum Gasteiger partial charge on any atom is 0.123 e. The molecule has 21 heavy (non-hydrogen) atoms. The predicted octanol–water partition coefficient (Wildman–Crippen LogP) is 3.29. The van der Waals surface area contributed by atoms with Crippen LogP contribution >= 0.6 is 0 Å². The fraction of sp³-hybridized carbons (Fsp3) is 0.667. The molecule has 2 N–H and O–H groups in total. The summed E-state index contributed by atoms with van der Waals surface area (Å²) in [5.41, 5.74) is 1.80. The van der Waals surface area contributed by atoms with Crippen molar-refractivity contribution < 1.29 is 9.84 Å². The van der Waals surface area contributed by atoms with Crippen molar-refractivity contribution in [2.45, 2.75) is 65.2 Å². The van der Waals surface area contributed by atoms with E-state index in [1.54, 1.807) is 0 Å². The van der Waals surface area contributed by atoms with Crippen LogP contribution in [-0.2, 0) is 13.0 Å². The molecule has 0 saturated carbocycles. The van der Waals surface area contributed by atoms with Crippen molar-refractivity contribution in [1.29, 1.82) is 0 Å². The van der Waals surface area contributed by atoms with Gasteiger partial charge in [-0.15, -0.1) is 0 Å². The third-order valence-corrected chi connectivity index (χ3v) is 3.81. The zero-order chi connectivity index (χ0) is 15.7. The van der Waals surface area contributed by atoms with Crippen LogP contribution in [0.2, 0.25) is 0 Å². The molecule has 1 unspecified atom stereocenters. The molecule has 0 radical (unpaired) electrons. The third kappa shape index (κ3) is 4.72. The van der Waals surface area contributed by atoms with Crippen LogP contribution in [0.4, 0.5) is 0 Å². The second-order valence-electron chi connectivity index (χ2n) is 7.68. The fourth-order valence-corrected chi connectivity index (χ4v) is 3.20. The molecule has 0 fully saturated rings. The van der Waals surface area contributed by atoms with Crippen LogP contribution in [-0.4, -0.2) is 22.9 Å². The van der Waals surface area contributed by atoms with E-state index >= 15 is 0 Å². The standard InChI is InChI=1S/C18H29NO2/c1-13(2)9-18(5,20)12-19-11-14-6-7-16-15(8-14)10-17(3,4)21-16/h6-8,13,19-20H,9-12H2,1-5H3. The molecule has 1 aliphatic rings. The van der Waals surface area contributed by atoms with E-state index in [1.165, 1.54) is 11.1 Å². The van der Waals surface area contributed by atoms with Gasteiger partial charge in [-0.2, -0.15) is 0 Å². The minimum atomic E-state index is -0.643. The summed E-state index contributed by atoms with van der Waals surface area (Å²) in [5, 5.41) is 13.7. The molecule has 0 amide bonds. The van der Waals surface area contributed by atoms with Gasteiger partial charge in [-0.25, -0.2) is 0 Å². The summed E-state index contributed by atoms with van der Waals surface area (Å²) in [6.07, 6.45) is 1.77. The summed E-state index contributed by atoms with van der Waals surface area (Å²) in [4.78, 5) is 0. The highest BCUT2D eigenvalue weighted by molar-refractivity contribution is 5.41. The molecule has 1 atom stereocenters. The Hall–Kier alpha value is -1.06. The van der Waals surface area contributed by atoms with Crippen molar-refractivity contribution in [3.8, 4) is 5.75 Å². The molecule has 2 rings (SSSR count). The molecule has 3 heteroatoms. The summed E-state index contributed by atoms with van der Waals surface area (Å²) in [7, 11) is 0. The van der Waals surface area contributed by atoms with Gasteiger partial charge in [0.15, 0.2) is 0 Å². The number of benzene rings is 1. The van der Waals surface area contributed by atoms with Crippen molar-refractivity contribution in [2.75, 3.05) is 6.54 Å². The molecule has 0 saturated heterocycles. The van der Waals surface area contributed by atoms with E-state index in [0.29, 0.717) is 12.5 Å². The van der Waals surface area contributed by atoms with Crippen LogP contribution in [0.1, 0.15) is 52.2 Å². The number of aliphatic hydroxyl groups is 1. The van der Waals surface area contributed by atoms with E-state index in [-0.39, 0.29) is 5.60 Å². The van der Waals surface area contributed by atoms with Crippen molar-refractivity contribution in [3.05, 3.63) is 29.3 Å². The molecule has 1 heterocycles. The number of hydrogen-bond donors (Lipinski definition) is 2. The summed E-state index contributed by atoms with van der Waals surface area (Å²) < 4.78 is 5.89. The third-order valence-electron chi connectivity index (χ3n) is 3.81. The first-order chi connectivity index (χ1) is 9.67. The lowest BCUT2D eigenvalue weighted by molar-refractivity contribution is 0.0383. The Morgan fingerprint density at radius 1 is 1.38 bits per heavy atom. The first kappa shape index (κ1) is 16.3. The van der Waals surface area contributed by atoms with Crippen LogP contribution in [0.5, 0.6) is 5.75 Å². The number of fused-ring (bicyclic) bond motifs is 1. The van der Waals surface area contributed by atoms with Crippen molar-refractivity contribution >= 4 is 0 Å². The molecule has 0 aromatic heterocycles. The molecule has 1 aromatic rings. The Kier molecular flexibility index (Phi) is 4.64. The molecule has 3 nitrogen and oxygen atoms in total. The molecule has 1 aromatic carbocycles. The highest BCUT2D eigenvalue weighted by atomic mass is 16.5. The predicted molar refractivity (Wildman–Crippen MR) is 86.6 cm³/mol. The van der Waals surface area contributed by atoms with Crippen molar-refractivity contribution in [3.63, 3.8) is 0 Å². The topological polar surface area (TPSA) is 41.5 Å². The Morgan fingerprint density at radius 3 is 2.76 bits per heavy atom. The molecule has 0 spiro atoms. The van der Waals surface area contributed by atoms with E-state index in [2.05, 4.69) is 51.2 Å². The maximum absolute atomic E-state index is 10.3. The molecular weight excluding hydrogens is 262 g/mol. The average Bonchev–Trinajstić information content (AvgIpc) is 2.60. The molecule has 0 aliphatic carbocycles.